The van der Waals surface area contributed by atoms with Gasteiger partial charge >= 0.3 is 0 Å². The Morgan fingerprint density at radius 3 is 2.50 bits per heavy atom. The molecule has 2 rings (SSSR count). The molecule has 1 heteroatoms. The smallest absolute Gasteiger partial charge is 0.0406 e. The lowest BCUT2D eigenvalue weighted by Gasteiger charge is -2.44. The van der Waals surface area contributed by atoms with Crippen LogP contribution in [0.15, 0.2) is 24.3 Å². The van der Waals surface area contributed by atoms with Crippen LogP contribution < -0.4 is 0 Å². The topological polar surface area (TPSA) is 0 Å². The first kappa shape index (κ1) is 12.0. The maximum atomic E-state index is 5.02. The van der Waals surface area contributed by atoms with Gasteiger partial charge in [0.1, 0.15) is 0 Å². The van der Waals surface area contributed by atoms with Crippen LogP contribution in [0.1, 0.15) is 51.2 Å². The maximum absolute atomic E-state index is 5.02. The van der Waals surface area contributed by atoms with Gasteiger partial charge in [-0.15, -0.1) is 0 Å². The Balaban J connectivity index is 2.57. The van der Waals surface area contributed by atoms with E-state index in [1.165, 1.54) is 17.5 Å². The highest BCUT2D eigenvalue weighted by Gasteiger charge is 2.41. The summed E-state index contributed by atoms with van der Waals surface area (Å²) in [4.78, 5) is 0. The number of rotatable bonds is 1. The van der Waals surface area contributed by atoms with Crippen molar-refractivity contribution in [3.05, 3.63) is 35.4 Å². The Labute approximate surface area is 105 Å². The summed E-state index contributed by atoms with van der Waals surface area (Å²) in [6.45, 7) is 9.27. The van der Waals surface area contributed by atoms with E-state index >= 15 is 0 Å². The standard InChI is InChI=1S/C15H22S/c1-10(2)15(16)9-11(3)12(4)13-7-5-6-8-14(13)15/h5-8,10-12,16H,9H2,1-4H3. The van der Waals surface area contributed by atoms with E-state index in [1.807, 2.05) is 0 Å². The van der Waals surface area contributed by atoms with Gasteiger partial charge in [0, 0.05) is 4.75 Å². The zero-order valence-corrected chi connectivity index (χ0v) is 11.6. The minimum absolute atomic E-state index is 0.0581. The first-order valence-electron chi connectivity index (χ1n) is 6.28. The molecule has 0 radical (unpaired) electrons. The number of fused-ring (bicyclic) bond motifs is 1. The second-order valence-electron chi connectivity index (χ2n) is 5.64. The van der Waals surface area contributed by atoms with Gasteiger partial charge in [0.15, 0.2) is 0 Å². The Morgan fingerprint density at radius 1 is 1.25 bits per heavy atom. The fourth-order valence-electron chi connectivity index (χ4n) is 2.92. The molecule has 1 aromatic rings. The van der Waals surface area contributed by atoms with Gasteiger partial charge < -0.3 is 0 Å². The molecule has 1 aromatic carbocycles. The minimum Gasteiger partial charge on any atom is -0.167 e. The Kier molecular flexibility index (Phi) is 3.09. The van der Waals surface area contributed by atoms with Gasteiger partial charge in [0.25, 0.3) is 0 Å². The molecule has 0 nitrogen and oxygen atoms in total. The third-order valence-electron chi connectivity index (χ3n) is 4.36. The monoisotopic (exact) mass is 234 g/mol. The minimum atomic E-state index is 0.0581. The highest BCUT2D eigenvalue weighted by molar-refractivity contribution is 7.81. The second kappa shape index (κ2) is 4.10. The van der Waals surface area contributed by atoms with Crippen molar-refractivity contribution in [2.45, 2.75) is 44.8 Å². The molecule has 16 heavy (non-hydrogen) atoms. The lowest BCUT2D eigenvalue weighted by atomic mass is 9.68. The molecule has 0 bridgehead atoms. The molecule has 3 atom stereocenters. The zero-order valence-electron chi connectivity index (χ0n) is 10.7. The van der Waals surface area contributed by atoms with E-state index in [4.69, 9.17) is 12.6 Å². The van der Waals surface area contributed by atoms with Gasteiger partial charge in [-0.1, -0.05) is 52.0 Å². The molecular formula is C15H22S. The van der Waals surface area contributed by atoms with Gasteiger partial charge in [-0.05, 0) is 35.3 Å². The van der Waals surface area contributed by atoms with Crippen LogP contribution in [-0.4, -0.2) is 0 Å². The Hall–Kier alpha value is -0.430. The van der Waals surface area contributed by atoms with Crippen LogP contribution in [0, 0.1) is 11.8 Å². The molecule has 88 valence electrons. The largest absolute Gasteiger partial charge is 0.167 e. The van der Waals surface area contributed by atoms with Gasteiger partial charge in [0.2, 0.25) is 0 Å². The summed E-state index contributed by atoms with van der Waals surface area (Å²) in [6.07, 6.45) is 1.19. The molecular weight excluding hydrogens is 212 g/mol. The number of benzene rings is 1. The molecule has 0 fully saturated rings. The van der Waals surface area contributed by atoms with Crippen LogP contribution in [0.4, 0.5) is 0 Å². The van der Waals surface area contributed by atoms with E-state index < -0.39 is 0 Å². The van der Waals surface area contributed by atoms with Crippen molar-refractivity contribution in [2.75, 3.05) is 0 Å². The van der Waals surface area contributed by atoms with E-state index in [0.717, 1.165) is 5.92 Å². The summed E-state index contributed by atoms with van der Waals surface area (Å²) in [5, 5.41) is 0. The summed E-state index contributed by atoms with van der Waals surface area (Å²) in [6, 6.07) is 8.85. The molecule has 0 spiro atoms. The summed E-state index contributed by atoms with van der Waals surface area (Å²) >= 11 is 5.02. The van der Waals surface area contributed by atoms with E-state index in [0.29, 0.717) is 11.8 Å². The second-order valence-corrected chi connectivity index (χ2v) is 6.43. The van der Waals surface area contributed by atoms with Crippen molar-refractivity contribution in [2.24, 2.45) is 11.8 Å². The van der Waals surface area contributed by atoms with Crippen molar-refractivity contribution in [3.8, 4) is 0 Å². The van der Waals surface area contributed by atoms with E-state index in [9.17, 15) is 0 Å². The number of hydrogen-bond acceptors (Lipinski definition) is 1. The molecule has 0 N–H and O–H groups in total. The number of hydrogen-bond donors (Lipinski definition) is 1. The van der Waals surface area contributed by atoms with Gasteiger partial charge in [0.05, 0.1) is 0 Å². The molecule has 3 unspecified atom stereocenters. The van der Waals surface area contributed by atoms with Crippen molar-refractivity contribution in [1.82, 2.24) is 0 Å². The van der Waals surface area contributed by atoms with Crippen LogP contribution >= 0.6 is 12.6 Å². The fraction of sp³-hybridized carbons (Fsp3) is 0.600. The highest BCUT2D eigenvalue weighted by atomic mass is 32.1. The lowest BCUT2D eigenvalue weighted by Crippen LogP contribution is -2.35. The summed E-state index contributed by atoms with van der Waals surface area (Å²) < 4.78 is 0.0581. The third kappa shape index (κ3) is 1.69. The average Bonchev–Trinajstić information content (AvgIpc) is 2.26. The molecule has 0 aromatic heterocycles. The van der Waals surface area contributed by atoms with Crippen molar-refractivity contribution in [3.63, 3.8) is 0 Å². The first-order chi connectivity index (χ1) is 7.47. The maximum Gasteiger partial charge on any atom is 0.0406 e. The molecule has 0 aliphatic heterocycles. The summed E-state index contributed by atoms with van der Waals surface area (Å²) in [5.41, 5.74) is 2.96. The van der Waals surface area contributed by atoms with Crippen molar-refractivity contribution in [1.29, 1.82) is 0 Å². The van der Waals surface area contributed by atoms with Crippen molar-refractivity contribution >= 4 is 12.6 Å². The summed E-state index contributed by atoms with van der Waals surface area (Å²) in [5.74, 6) is 1.96. The van der Waals surface area contributed by atoms with Crippen LogP contribution in [0.3, 0.4) is 0 Å². The van der Waals surface area contributed by atoms with Gasteiger partial charge in [-0.3, -0.25) is 0 Å². The molecule has 1 aliphatic carbocycles. The van der Waals surface area contributed by atoms with E-state index in [-0.39, 0.29) is 4.75 Å². The van der Waals surface area contributed by atoms with Crippen LogP contribution in [-0.2, 0) is 4.75 Å². The Bertz CT molecular complexity index is 383. The van der Waals surface area contributed by atoms with E-state index in [1.54, 1.807) is 0 Å². The SMILES string of the molecule is CC1CC(S)(C(C)C)c2ccccc2C1C. The predicted octanol–water partition coefficient (Wildman–Crippen LogP) is 4.61. The normalized spacial score (nSPS) is 33.9. The third-order valence-corrected chi connectivity index (χ3v) is 5.30. The predicted molar refractivity (Wildman–Crippen MR) is 74.1 cm³/mol. The molecule has 0 saturated heterocycles. The van der Waals surface area contributed by atoms with E-state index in [2.05, 4.69) is 52.0 Å². The lowest BCUT2D eigenvalue weighted by molar-refractivity contribution is 0.300. The quantitative estimate of drug-likeness (QED) is 0.674. The first-order valence-corrected chi connectivity index (χ1v) is 6.73. The molecule has 1 aliphatic rings. The molecule has 0 amide bonds. The fourth-order valence-corrected chi connectivity index (χ4v) is 3.41. The number of thiol groups is 1. The summed E-state index contributed by atoms with van der Waals surface area (Å²) in [7, 11) is 0. The van der Waals surface area contributed by atoms with Crippen LogP contribution in [0.25, 0.3) is 0 Å². The molecule has 0 saturated carbocycles. The average molecular weight is 234 g/mol. The zero-order chi connectivity index (χ0) is 11.9. The van der Waals surface area contributed by atoms with Gasteiger partial charge in [-0.25, -0.2) is 0 Å². The van der Waals surface area contributed by atoms with Crippen LogP contribution in [0.2, 0.25) is 0 Å². The highest BCUT2D eigenvalue weighted by Crippen LogP contribution is 2.51. The Morgan fingerprint density at radius 2 is 1.88 bits per heavy atom. The van der Waals surface area contributed by atoms with Crippen LogP contribution in [0.5, 0.6) is 0 Å². The van der Waals surface area contributed by atoms with Crippen molar-refractivity contribution < 1.29 is 0 Å². The van der Waals surface area contributed by atoms with Gasteiger partial charge in [-0.2, -0.15) is 12.6 Å². The molecule has 0 heterocycles.